The van der Waals surface area contributed by atoms with E-state index in [1.54, 1.807) is 7.11 Å². The molecule has 0 aromatic heterocycles. The zero-order chi connectivity index (χ0) is 14.3. The van der Waals surface area contributed by atoms with Crippen molar-refractivity contribution in [3.05, 3.63) is 28.8 Å². The first kappa shape index (κ1) is 13.9. The second kappa shape index (κ2) is 5.05. The van der Waals surface area contributed by atoms with Gasteiger partial charge in [-0.2, -0.15) is 0 Å². The monoisotopic (exact) mass is 275 g/mol. The van der Waals surface area contributed by atoms with Crippen LogP contribution in [0.15, 0.2) is 12.1 Å². The van der Waals surface area contributed by atoms with Gasteiger partial charge in [0.05, 0.1) is 26.4 Å². The highest BCUT2D eigenvalue weighted by molar-refractivity contribution is 5.47. The molecule has 1 aromatic carbocycles. The first-order valence-corrected chi connectivity index (χ1v) is 7.51. The molecule has 1 aromatic rings. The molecule has 2 heterocycles. The van der Waals surface area contributed by atoms with Crippen molar-refractivity contribution in [1.29, 1.82) is 0 Å². The maximum atomic E-state index is 5.61. The van der Waals surface area contributed by atoms with Gasteiger partial charge in [-0.05, 0) is 34.6 Å². The molecule has 3 rings (SSSR count). The van der Waals surface area contributed by atoms with Crippen molar-refractivity contribution in [2.45, 2.75) is 45.2 Å². The first-order valence-electron chi connectivity index (χ1n) is 7.51. The van der Waals surface area contributed by atoms with Crippen molar-refractivity contribution < 1.29 is 9.47 Å². The predicted octanol–water partition coefficient (Wildman–Crippen LogP) is 2.75. The van der Waals surface area contributed by atoms with Crippen LogP contribution in [0, 0.1) is 0 Å². The van der Waals surface area contributed by atoms with Crippen molar-refractivity contribution in [2.75, 3.05) is 26.9 Å². The van der Waals surface area contributed by atoms with Crippen molar-refractivity contribution in [2.24, 2.45) is 0 Å². The summed E-state index contributed by atoms with van der Waals surface area (Å²) in [7, 11) is 1.78. The Morgan fingerprint density at radius 1 is 1.20 bits per heavy atom. The molecule has 0 N–H and O–H groups in total. The average molecular weight is 275 g/mol. The summed E-state index contributed by atoms with van der Waals surface area (Å²) in [6, 6.07) is 5.24. The minimum Gasteiger partial charge on any atom is -0.496 e. The predicted molar refractivity (Wildman–Crippen MR) is 80.4 cm³/mol. The molecule has 1 fully saturated rings. The number of benzene rings is 1. The van der Waals surface area contributed by atoms with Crippen LogP contribution < -0.4 is 4.74 Å². The Kier molecular flexibility index (Phi) is 3.51. The van der Waals surface area contributed by atoms with Gasteiger partial charge in [0, 0.05) is 13.1 Å². The molecule has 1 saturated heterocycles. The Morgan fingerprint density at radius 3 is 2.50 bits per heavy atom. The summed E-state index contributed by atoms with van der Waals surface area (Å²) in [5.41, 5.74) is 4.34. The third-order valence-corrected chi connectivity index (χ3v) is 4.51. The van der Waals surface area contributed by atoms with Gasteiger partial charge in [-0.15, -0.1) is 0 Å². The Hall–Kier alpha value is -1.06. The molecule has 0 unspecified atom stereocenters. The lowest BCUT2D eigenvalue weighted by Crippen LogP contribution is -2.50. The van der Waals surface area contributed by atoms with Crippen LogP contribution in [0.5, 0.6) is 5.75 Å². The minimum absolute atomic E-state index is 0.113. The van der Waals surface area contributed by atoms with E-state index < -0.39 is 0 Å². The zero-order valence-electron chi connectivity index (χ0n) is 13.0. The van der Waals surface area contributed by atoms with E-state index in [-0.39, 0.29) is 5.41 Å². The van der Waals surface area contributed by atoms with Gasteiger partial charge in [0.25, 0.3) is 0 Å². The highest BCUT2D eigenvalue weighted by Gasteiger charge is 2.30. The molecular weight excluding hydrogens is 250 g/mol. The lowest BCUT2D eigenvalue weighted by atomic mass is 9.83. The fourth-order valence-corrected chi connectivity index (χ4v) is 3.11. The van der Waals surface area contributed by atoms with E-state index in [0.717, 1.165) is 38.5 Å². The topological polar surface area (TPSA) is 21.7 Å². The lowest BCUT2D eigenvalue weighted by molar-refractivity contribution is -0.0695. The van der Waals surface area contributed by atoms with Crippen LogP contribution in [0.1, 0.15) is 37.5 Å². The molecule has 0 bridgehead atoms. The molecule has 2 aliphatic heterocycles. The van der Waals surface area contributed by atoms with Crippen LogP contribution in [-0.4, -0.2) is 37.8 Å². The van der Waals surface area contributed by atoms with Crippen molar-refractivity contribution in [1.82, 2.24) is 4.90 Å². The van der Waals surface area contributed by atoms with Crippen molar-refractivity contribution in [3.8, 4) is 5.75 Å². The molecule has 0 aliphatic carbocycles. The largest absolute Gasteiger partial charge is 0.496 e. The van der Waals surface area contributed by atoms with Crippen LogP contribution in [0.25, 0.3) is 0 Å². The van der Waals surface area contributed by atoms with Crippen molar-refractivity contribution >= 4 is 0 Å². The second-order valence-corrected chi connectivity index (χ2v) is 6.98. The molecule has 3 heteroatoms. The Morgan fingerprint density at radius 2 is 1.95 bits per heavy atom. The van der Waals surface area contributed by atoms with E-state index in [1.807, 2.05) is 0 Å². The van der Waals surface area contributed by atoms with Crippen molar-refractivity contribution in [3.63, 3.8) is 0 Å². The van der Waals surface area contributed by atoms with Gasteiger partial charge in [0.2, 0.25) is 0 Å². The summed E-state index contributed by atoms with van der Waals surface area (Å²) < 4.78 is 10.9. The number of rotatable bonds is 2. The number of fused-ring (bicyclic) bond motifs is 1. The summed E-state index contributed by atoms with van der Waals surface area (Å²) >= 11 is 0. The first-order chi connectivity index (χ1) is 9.49. The zero-order valence-corrected chi connectivity index (χ0v) is 13.0. The Balaban J connectivity index is 1.92. The highest BCUT2D eigenvalue weighted by atomic mass is 16.5. The maximum Gasteiger partial charge on any atom is 0.122 e. The molecular formula is C17H25NO2. The number of ether oxygens (including phenoxy) is 2. The second-order valence-electron chi connectivity index (χ2n) is 6.98. The Labute approximate surface area is 121 Å². The van der Waals surface area contributed by atoms with E-state index in [0.29, 0.717) is 6.04 Å². The summed E-state index contributed by atoms with van der Waals surface area (Å²) in [5, 5.41) is 0. The van der Waals surface area contributed by atoms with Crippen LogP contribution in [-0.2, 0) is 23.1 Å². The standard InChI is InChI=1S/C17H25NO2/c1-17(2,3)15-7-13-9-18(14-10-20-11-14)6-5-12(13)8-16(15)19-4/h7-8,14H,5-6,9-11H2,1-4H3. The van der Waals surface area contributed by atoms with E-state index in [2.05, 4.69) is 37.8 Å². The lowest BCUT2D eigenvalue weighted by Gasteiger charge is -2.40. The van der Waals surface area contributed by atoms with Crippen LogP contribution in [0.3, 0.4) is 0 Å². The van der Waals surface area contributed by atoms with Gasteiger partial charge >= 0.3 is 0 Å². The molecule has 0 atom stereocenters. The summed E-state index contributed by atoms with van der Waals surface area (Å²) in [5.74, 6) is 1.04. The van der Waals surface area contributed by atoms with Gasteiger partial charge in [-0.3, -0.25) is 4.90 Å². The molecule has 0 spiro atoms. The number of nitrogens with zero attached hydrogens (tertiary/aromatic N) is 1. The summed E-state index contributed by atoms with van der Waals surface area (Å²) in [6.07, 6.45) is 1.12. The molecule has 0 radical (unpaired) electrons. The summed E-state index contributed by atoms with van der Waals surface area (Å²) in [6.45, 7) is 10.7. The molecule has 20 heavy (non-hydrogen) atoms. The van der Waals surface area contributed by atoms with Gasteiger partial charge in [-0.25, -0.2) is 0 Å². The molecule has 110 valence electrons. The molecule has 3 nitrogen and oxygen atoms in total. The van der Waals surface area contributed by atoms with E-state index in [4.69, 9.17) is 9.47 Å². The Bertz CT molecular complexity index is 500. The van der Waals surface area contributed by atoms with Gasteiger partial charge in [-0.1, -0.05) is 26.8 Å². The number of hydrogen-bond donors (Lipinski definition) is 0. The maximum absolute atomic E-state index is 5.61. The normalized spacial score (nSPS) is 20.4. The number of hydrogen-bond acceptors (Lipinski definition) is 3. The van der Waals surface area contributed by atoms with E-state index in [9.17, 15) is 0 Å². The molecule has 0 amide bonds. The summed E-state index contributed by atoms with van der Waals surface area (Å²) in [4.78, 5) is 2.56. The minimum atomic E-state index is 0.113. The molecule has 0 saturated carbocycles. The van der Waals surface area contributed by atoms with Gasteiger partial charge < -0.3 is 9.47 Å². The van der Waals surface area contributed by atoms with Gasteiger partial charge in [0.1, 0.15) is 5.75 Å². The highest BCUT2D eigenvalue weighted by Crippen LogP contribution is 2.36. The third-order valence-electron chi connectivity index (χ3n) is 4.51. The van der Waals surface area contributed by atoms with Gasteiger partial charge in [0.15, 0.2) is 0 Å². The smallest absolute Gasteiger partial charge is 0.122 e. The van der Waals surface area contributed by atoms with Crippen LogP contribution in [0.4, 0.5) is 0 Å². The van der Waals surface area contributed by atoms with E-state index >= 15 is 0 Å². The average Bonchev–Trinajstić information content (AvgIpc) is 2.34. The SMILES string of the molecule is COc1cc2c(cc1C(C)(C)C)CN(C1COC1)CC2. The quantitative estimate of drug-likeness (QED) is 0.828. The van der Waals surface area contributed by atoms with E-state index in [1.165, 1.54) is 16.7 Å². The van der Waals surface area contributed by atoms with Crippen LogP contribution in [0.2, 0.25) is 0 Å². The molecule has 2 aliphatic rings. The third kappa shape index (κ3) is 2.45. The van der Waals surface area contributed by atoms with Crippen LogP contribution >= 0.6 is 0 Å². The number of methoxy groups -OCH3 is 1. The fraction of sp³-hybridized carbons (Fsp3) is 0.647. The fourth-order valence-electron chi connectivity index (χ4n) is 3.11.